The molecule has 2 aromatic heterocycles. The van der Waals surface area contributed by atoms with Gasteiger partial charge in [0.2, 0.25) is 0 Å². The van der Waals surface area contributed by atoms with Gasteiger partial charge < -0.3 is 0 Å². The maximum Gasteiger partial charge on any atom is 0.277 e. The molecule has 2 aromatic carbocycles. The highest BCUT2D eigenvalue weighted by Crippen LogP contribution is 2.22. The highest BCUT2D eigenvalue weighted by Gasteiger charge is 2.12. The Balaban J connectivity index is 1.47. The van der Waals surface area contributed by atoms with Crippen LogP contribution in [0.3, 0.4) is 0 Å². The molecular weight excluding hydrogens is 368 g/mol. The summed E-state index contributed by atoms with van der Waals surface area (Å²) in [6.45, 7) is 0. The van der Waals surface area contributed by atoms with E-state index in [-0.39, 0.29) is 11.6 Å². The lowest BCUT2D eigenvalue weighted by Crippen LogP contribution is -2.13. The molecule has 128 valence electrons. The van der Waals surface area contributed by atoms with Crippen LogP contribution in [0.2, 0.25) is 5.02 Å². The van der Waals surface area contributed by atoms with Gasteiger partial charge in [0.25, 0.3) is 5.91 Å². The molecule has 0 bridgehead atoms. The molecule has 5 nitrogen and oxygen atoms in total. The summed E-state index contributed by atoms with van der Waals surface area (Å²) in [6.07, 6.45) is 3.97. The Bertz CT molecular complexity index is 1080. The fourth-order valence-corrected chi connectivity index (χ4v) is 3.45. The molecule has 0 saturated carbocycles. The van der Waals surface area contributed by atoms with Crippen molar-refractivity contribution < 1.29 is 4.79 Å². The molecule has 0 spiro atoms. The lowest BCUT2D eigenvalue weighted by molar-refractivity contribution is 0.102. The van der Waals surface area contributed by atoms with Crippen molar-refractivity contribution in [3.8, 4) is 0 Å². The van der Waals surface area contributed by atoms with Gasteiger partial charge >= 0.3 is 0 Å². The molecule has 0 fully saturated rings. The molecule has 1 N–H and O–H groups in total. The standard InChI is InChI=1S/C19H13ClN4OS/c20-13-7-5-12(6-8-13)9-14-10-22-19(26-14)24-18(25)17-11-21-15-3-1-2-4-16(15)23-17/h1-8,10-11H,9H2,(H,22,24,25). The molecule has 4 rings (SSSR count). The van der Waals surface area contributed by atoms with E-state index >= 15 is 0 Å². The van der Waals surface area contributed by atoms with Gasteiger partial charge in [-0.2, -0.15) is 0 Å². The minimum absolute atomic E-state index is 0.262. The number of carbonyl (C=O) groups excluding carboxylic acids is 1. The summed E-state index contributed by atoms with van der Waals surface area (Å²) in [5, 5.41) is 4.03. The first-order valence-electron chi connectivity index (χ1n) is 7.90. The lowest BCUT2D eigenvalue weighted by Gasteiger charge is -2.02. The number of thiazole rings is 1. The van der Waals surface area contributed by atoms with Crippen LogP contribution in [0.5, 0.6) is 0 Å². The zero-order valence-electron chi connectivity index (χ0n) is 13.5. The van der Waals surface area contributed by atoms with Gasteiger partial charge in [-0.1, -0.05) is 35.9 Å². The predicted molar refractivity (Wildman–Crippen MR) is 104 cm³/mol. The number of amides is 1. The van der Waals surface area contributed by atoms with Gasteiger partial charge in [0.05, 0.1) is 17.2 Å². The van der Waals surface area contributed by atoms with Gasteiger partial charge in [-0.05, 0) is 29.8 Å². The van der Waals surface area contributed by atoms with Crippen LogP contribution in [-0.2, 0) is 6.42 Å². The largest absolute Gasteiger partial charge is 0.296 e. The summed E-state index contributed by atoms with van der Waals surface area (Å²) >= 11 is 7.34. The molecule has 0 aliphatic heterocycles. The highest BCUT2D eigenvalue weighted by atomic mass is 35.5. The highest BCUT2D eigenvalue weighted by molar-refractivity contribution is 7.15. The molecule has 0 atom stereocenters. The van der Waals surface area contributed by atoms with Gasteiger partial charge in [0, 0.05) is 22.5 Å². The van der Waals surface area contributed by atoms with Crippen molar-refractivity contribution in [2.24, 2.45) is 0 Å². The fraction of sp³-hybridized carbons (Fsp3) is 0.0526. The molecule has 26 heavy (non-hydrogen) atoms. The fourth-order valence-electron chi connectivity index (χ4n) is 2.48. The average Bonchev–Trinajstić information content (AvgIpc) is 3.10. The lowest BCUT2D eigenvalue weighted by atomic mass is 10.1. The summed E-state index contributed by atoms with van der Waals surface area (Å²) in [4.78, 5) is 26.3. The molecule has 0 aliphatic carbocycles. The third-order valence-electron chi connectivity index (χ3n) is 3.75. The topological polar surface area (TPSA) is 67.8 Å². The average molecular weight is 381 g/mol. The van der Waals surface area contributed by atoms with Gasteiger partial charge in [0.15, 0.2) is 5.13 Å². The molecule has 0 radical (unpaired) electrons. The third kappa shape index (κ3) is 3.71. The van der Waals surface area contributed by atoms with Crippen LogP contribution in [0, 0.1) is 0 Å². The van der Waals surface area contributed by atoms with Crippen molar-refractivity contribution in [1.82, 2.24) is 15.0 Å². The zero-order valence-corrected chi connectivity index (χ0v) is 15.1. The molecule has 7 heteroatoms. The van der Waals surface area contributed by atoms with E-state index in [4.69, 9.17) is 11.6 Å². The second-order valence-corrected chi connectivity index (χ2v) is 7.18. The third-order valence-corrected chi connectivity index (χ3v) is 4.91. The molecule has 1 amide bonds. The first kappa shape index (κ1) is 16.6. The summed E-state index contributed by atoms with van der Waals surface area (Å²) in [7, 11) is 0. The van der Waals surface area contributed by atoms with Crippen LogP contribution in [0.1, 0.15) is 20.9 Å². The maximum absolute atomic E-state index is 12.4. The summed E-state index contributed by atoms with van der Waals surface area (Å²) in [5.74, 6) is -0.323. The SMILES string of the molecule is O=C(Nc1ncc(Cc2ccc(Cl)cc2)s1)c1cnc2ccccc2n1. The van der Waals surface area contributed by atoms with Gasteiger partial charge in [-0.25, -0.2) is 9.97 Å². The van der Waals surface area contributed by atoms with E-state index in [9.17, 15) is 4.79 Å². The molecule has 2 heterocycles. The molecule has 0 unspecified atom stereocenters. The van der Waals surface area contributed by atoms with E-state index in [1.165, 1.54) is 17.5 Å². The Morgan fingerprint density at radius 3 is 2.58 bits per heavy atom. The van der Waals surface area contributed by atoms with Crippen molar-refractivity contribution in [3.05, 3.63) is 82.1 Å². The monoisotopic (exact) mass is 380 g/mol. The van der Waals surface area contributed by atoms with Gasteiger partial charge in [-0.15, -0.1) is 11.3 Å². The Kier molecular flexibility index (Phi) is 4.60. The normalized spacial score (nSPS) is 10.8. The van der Waals surface area contributed by atoms with Gasteiger partial charge in [-0.3, -0.25) is 15.1 Å². The minimum Gasteiger partial charge on any atom is -0.296 e. The number of carbonyl (C=O) groups is 1. The Morgan fingerprint density at radius 1 is 1.00 bits per heavy atom. The van der Waals surface area contributed by atoms with Crippen LogP contribution in [0.4, 0.5) is 5.13 Å². The summed E-state index contributed by atoms with van der Waals surface area (Å²) in [5.41, 5.74) is 2.83. The Hall–Kier alpha value is -2.83. The number of nitrogens with zero attached hydrogens (tertiary/aromatic N) is 3. The van der Waals surface area contributed by atoms with Crippen LogP contribution < -0.4 is 5.32 Å². The Morgan fingerprint density at radius 2 is 1.77 bits per heavy atom. The number of aromatic nitrogens is 3. The number of hydrogen-bond donors (Lipinski definition) is 1. The van der Waals surface area contributed by atoms with Gasteiger partial charge in [0.1, 0.15) is 5.69 Å². The van der Waals surface area contributed by atoms with Crippen molar-refractivity contribution in [3.63, 3.8) is 0 Å². The number of rotatable bonds is 4. The molecular formula is C19H13ClN4OS. The van der Waals surface area contributed by atoms with Crippen molar-refractivity contribution in [2.75, 3.05) is 5.32 Å². The quantitative estimate of drug-likeness (QED) is 0.562. The first-order valence-corrected chi connectivity index (χ1v) is 9.09. The number of hydrogen-bond acceptors (Lipinski definition) is 5. The molecule has 4 aromatic rings. The van der Waals surface area contributed by atoms with E-state index in [1.807, 2.05) is 48.5 Å². The summed E-state index contributed by atoms with van der Waals surface area (Å²) in [6, 6.07) is 15.1. The predicted octanol–water partition coefficient (Wildman–Crippen LogP) is 4.58. The van der Waals surface area contributed by atoms with E-state index in [0.717, 1.165) is 22.4 Å². The van der Waals surface area contributed by atoms with Crippen LogP contribution >= 0.6 is 22.9 Å². The molecule has 0 saturated heterocycles. The van der Waals surface area contributed by atoms with Crippen LogP contribution in [0.25, 0.3) is 11.0 Å². The first-order chi connectivity index (χ1) is 12.7. The second-order valence-electron chi connectivity index (χ2n) is 5.63. The number of para-hydroxylation sites is 2. The number of nitrogens with one attached hydrogen (secondary N) is 1. The smallest absolute Gasteiger partial charge is 0.277 e. The van der Waals surface area contributed by atoms with Crippen molar-refractivity contribution >= 4 is 45.0 Å². The van der Waals surface area contributed by atoms with E-state index in [2.05, 4.69) is 20.3 Å². The number of anilines is 1. The minimum atomic E-state index is -0.323. The maximum atomic E-state index is 12.4. The Labute approximate surface area is 158 Å². The zero-order chi connectivity index (χ0) is 17.9. The van der Waals surface area contributed by atoms with Crippen molar-refractivity contribution in [2.45, 2.75) is 6.42 Å². The number of halogens is 1. The summed E-state index contributed by atoms with van der Waals surface area (Å²) < 4.78 is 0. The van der Waals surface area contributed by atoms with Crippen LogP contribution in [-0.4, -0.2) is 20.9 Å². The number of fused-ring (bicyclic) bond motifs is 1. The van der Waals surface area contributed by atoms with E-state index in [1.54, 1.807) is 6.20 Å². The van der Waals surface area contributed by atoms with Crippen LogP contribution in [0.15, 0.2) is 60.9 Å². The number of benzene rings is 2. The van der Waals surface area contributed by atoms with Crippen molar-refractivity contribution in [1.29, 1.82) is 0 Å². The second kappa shape index (κ2) is 7.19. The van der Waals surface area contributed by atoms with E-state index in [0.29, 0.717) is 15.7 Å². The molecule has 0 aliphatic rings. The van der Waals surface area contributed by atoms with E-state index < -0.39 is 0 Å².